The number of nitrogen functional groups attached to an aromatic ring is 1. The number of anilines is 4. The molecule has 3 aromatic carbocycles. The van der Waals surface area contributed by atoms with Gasteiger partial charge in [-0.3, -0.25) is 28.7 Å². The standard InChI is InChI=1S/C14H13F3N4O3S.C12H10F3N3O2S.C10H9F3N4.C9H3BrF6N4O.C9H4F6N4O.C7H9NO2S.C5H2ClF3N2.C5H6ClF3O.C3H5.C2H4INO.BHNS.BrH.Zn/c1-9-2-4-10(5-3-9)25(23,24)20-13-7-6-11(14(15,16)17)19-21(13)8-12(18)22;1-8-2-4-9(5-3-8)21(19,20)18-11-7-6-10(16-17-11)12(13,14)15;11-10(12,13)6-3-4-7-15-9(14)8(5-1-2-5)17(7)16-6;10-5-6(18-7(21)9(14,15)16)17-4-2-1-3(8(11,12)13)19-20(4)5;10-8(11,12)4-1-2-6-16-5(3-19(6)18-4)17-7(20)9(13,14)15;1-6-2-4-7(5-3-6)11(8,9)10;6-4-2-1-3(10-11-4)5(7,8)9;1-4(2,3(6)10)5(7,8)9;1-2-3-1;3-1-2(4)5;1-2-3;;/h2-7H,8H2,1H3,(H2,18,22);2-7H,1H3,(H,17,18);3-5H,1-2,14H2;1-2H,(H,18,21);1-3H,(H,17,20);2-5H,1H3,(H2,8,9,10);1-2H;1-2H3;1H,2-3H2;1H2,(H2,4,5);3H;1H;/q;;;;;;;;-1;;;;+2/p-1. The second-order valence-corrected chi connectivity index (χ2v) is 36.1. The number of alkyl halides is 28. The Kier molecular flexibility index (Phi) is 48.8. The van der Waals surface area contributed by atoms with Crippen molar-refractivity contribution >= 4 is 195 Å². The van der Waals surface area contributed by atoms with Crippen LogP contribution in [0.1, 0.15) is 102 Å². The van der Waals surface area contributed by atoms with Crippen LogP contribution in [0.4, 0.5) is 142 Å². The molecular weight excluding hydrogens is 2500 g/mol. The SMILES string of the molecule is CC(C)(C(=O)Cl)C(F)(F)F.Cc1ccc(S(=O)(=O)N=c2ccc(C(F)(F)F)nn2CC(N)=O)cc1.Cc1ccc(S(=O)(=O)Nc2ccc(C(F)(F)F)nn2)cc1.Cc1ccc(S(N)(=O)=O)cc1.FC(F)(F)c1ccc(Cl)nn1.NC(=O)CI.Nc1nc2ccc(C(F)(F)F)nn2c1C1CC1.O=C(Nc1cn2nc(C(F)(F)F)ccc2n1)C(F)(F)F.O=C(Nc1nc2ccc(C(F)(F)F)nn2c1Br)C(F)(F)F.[B]=NS.[CH-]1CC1.[Zn+][Br]. The van der Waals surface area contributed by atoms with Gasteiger partial charge >= 0.3 is 122 Å². The Hall–Kier alpha value is -11.3. The van der Waals surface area contributed by atoms with Crippen molar-refractivity contribution in [1.29, 1.82) is 0 Å². The average molecular weight is 2570 g/mol. The summed E-state index contributed by atoms with van der Waals surface area (Å²) in [5, 5.41) is 31.4. The van der Waals surface area contributed by atoms with Crippen molar-refractivity contribution in [3.05, 3.63) is 230 Å². The van der Waals surface area contributed by atoms with E-state index in [2.05, 4.69) is 131 Å². The summed E-state index contributed by atoms with van der Waals surface area (Å²) in [7, 11) is -7.30. The van der Waals surface area contributed by atoms with Crippen LogP contribution in [-0.4, -0.2) is 159 Å². The molecule has 12 aromatic rings. The normalized spacial score (nSPS) is 12.8. The van der Waals surface area contributed by atoms with Gasteiger partial charge in [0.05, 0.1) is 31.0 Å². The third kappa shape index (κ3) is 44.7. The first-order valence-corrected chi connectivity index (χ1v) is 53.7. The first-order chi connectivity index (χ1) is 68.1. The molecule has 9 heterocycles. The number of thiol groups is 1. The van der Waals surface area contributed by atoms with E-state index in [4.69, 9.17) is 39.8 Å². The predicted octanol–water partition coefficient (Wildman–Crippen LogP) is 18.1. The molecule has 149 heavy (non-hydrogen) atoms. The molecule has 2 aliphatic carbocycles. The molecular formula is C76H66BBr2Cl2F27IN24O11S4Zn. The maximum atomic E-state index is 12.7. The second kappa shape index (κ2) is 55.1. The molecule has 0 unspecified atom stereocenters. The number of halogens is 32. The van der Waals surface area contributed by atoms with E-state index in [1.54, 1.807) is 50.2 Å². The van der Waals surface area contributed by atoms with Crippen LogP contribution in [0.15, 0.2) is 180 Å². The zero-order valence-electron chi connectivity index (χ0n) is 74.8. The molecule has 0 bridgehead atoms. The van der Waals surface area contributed by atoms with Gasteiger partial charge in [-0.15, -0.1) is 24.8 Å². The van der Waals surface area contributed by atoms with Crippen molar-refractivity contribution in [2.45, 2.75) is 143 Å². The zero-order valence-corrected chi connectivity index (χ0v) is 87.9. The van der Waals surface area contributed by atoms with Crippen LogP contribution in [0.5, 0.6) is 0 Å². The number of benzene rings is 3. The summed E-state index contributed by atoms with van der Waals surface area (Å²) in [6.45, 7) is 6.16. The number of amides is 4. The molecule has 0 atom stereocenters. The van der Waals surface area contributed by atoms with Gasteiger partial charge in [-0.1, -0.05) is 87.3 Å². The molecule has 0 spiro atoms. The van der Waals surface area contributed by atoms with Crippen molar-refractivity contribution in [1.82, 2.24) is 74.0 Å². The molecule has 2 saturated carbocycles. The van der Waals surface area contributed by atoms with Gasteiger partial charge in [0.15, 0.2) is 83.8 Å². The molecule has 2 aliphatic rings. The number of sulfonamides is 3. The van der Waals surface area contributed by atoms with E-state index < -0.39 is 172 Å². The quantitative estimate of drug-likeness (QED) is 0.0101. The van der Waals surface area contributed by atoms with Gasteiger partial charge in [0.1, 0.15) is 17.8 Å². The van der Waals surface area contributed by atoms with Gasteiger partial charge in [0, 0.05) is 5.92 Å². The monoisotopic (exact) mass is 2560 g/mol. The van der Waals surface area contributed by atoms with Crippen LogP contribution in [0.25, 0.3) is 16.9 Å². The summed E-state index contributed by atoms with van der Waals surface area (Å²) in [5.41, 5.74) is 8.82. The van der Waals surface area contributed by atoms with Gasteiger partial charge in [-0.05, 0) is 184 Å². The fourth-order valence-corrected chi connectivity index (χ4v) is 12.2. The van der Waals surface area contributed by atoms with Gasteiger partial charge in [0.25, 0.3) is 20.0 Å². The van der Waals surface area contributed by atoms with Gasteiger partial charge < -0.3 is 34.3 Å². The van der Waals surface area contributed by atoms with E-state index in [1.807, 2.05) is 29.5 Å². The molecule has 73 heteroatoms. The van der Waals surface area contributed by atoms with E-state index in [1.165, 1.54) is 86.8 Å². The Morgan fingerprint density at radius 3 is 1.26 bits per heavy atom. The molecule has 9 aromatic heterocycles. The van der Waals surface area contributed by atoms with E-state index in [9.17, 15) is 168 Å². The number of imidazole rings is 3. The number of primary sulfonamides is 1. The van der Waals surface area contributed by atoms with Crippen molar-refractivity contribution in [3.8, 4) is 0 Å². The van der Waals surface area contributed by atoms with Crippen LogP contribution in [0.2, 0.25) is 5.15 Å². The van der Waals surface area contributed by atoms with Crippen LogP contribution in [0.3, 0.4) is 0 Å². The Morgan fingerprint density at radius 2 is 0.893 bits per heavy atom. The molecule has 35 nitrogen and oxygen atoms in total. The van der Waals surface area contributed by atoms with Gasteiger partial charge in [0.2, 0.25) is 27.1 Å². The molecule has 14 rings (SSSR count). The number of aromatic nitrogens is 15. The Morgan fingerprint density at radius 1 is 0.517 bits per heavy atom. The number of carbonyl (C=O) groups excluding carboxylic acids is 5. The van der Waals surface area contributed by atoms with Crippen molar-refractivity contribution in [2.75, 3.05) is 25.5 Å². The summed E-state index contributed by atoms with van der Waals surface area (Å²) in [6.07, 6.45) is -35.0. The molecule has 2 fully saturated rings. The molecule has 11 N–H and O–H groups in total. The Balaban J connectivity index is 0.000000435. The summed E-state index contributed by atoms with van der Waals surface area (Å²) in [5.74, 6) is -6.81. The van der Waals surface area contributed by atoms with Crippen LogP contribution in [0, 0.1) is 32.6 Å². The predicted molar refractivity (Wildman–Crippen MR) is 490 cm³/mol. The number of hydrogen-bond acceptors (Lipinski definition) is 25. The van der Waals surface area contributed by atoms with Crippen molar-refractivity contribution in [2.24, 2.45) is 30.7 Å². The van der Waals surface area contributed by atoms with Gasteiger partial charge in [-0.2, -0.15) is 147 Å². The van der Waals surface area contributed by atoms with E-state index in [0.29, 0.717) is 53.7 Å². The maximum absolute atomic E-state index is 12.7. The average Bonchev–Trinajstić information content (AvgIpc) is 1.61. The number of primary amides is 2. The summed E-state index contributed by atoms with van der Waals surface area (Å²) in [6, 6.07) is 28.1. The number of carbonyl (C=O) groups is 5. The molecule has 809 valence electrons. The third-order valence-electron chi connectivity index (χ3n) is 16.5. The topological polar surface area (TPSA) is 513 Å². The number of hydrogen-bond donors (Lipinski definition) is 8. The molecule has 0 aliphatic heterocycles. The van der Waals surface area contributed by atoms with Crippen molar-refractivity contribution < 1.29 is 184 Å². The number of nitrogens with two attached hydrogens (primary N) is 4. The molecule has 4 amide bonds. The first kappa shape index (κ1) is 132. The fraction of sp³-hybridized carbons (Fsp3) is 0.289. The second-order valence-electron chi connectivity index (χ2n) is 28.8. The third-order valence-corrected chi connectivity index (χ3v) is 22.3. The number of rotatable bonds is 13. The molecule has 0 saturated heterocycles. The summed E-state index contributed by atoms with van der Waals surface area (Å²) >= 11 is 22.0. The molecule has 1 radical (unpaired) electrons. The first-order valence-electron chi connectivity index (χ1n) is 38.8. The van der Waals surface area contributed by atoms with Gasteiger partial charge in [-0.25, -0.2) is 68.0 Å². The van der Waals surface area contributed by atoms with E-state index >= 15 is 0 Å². The number of nitrogens with one attached hydrogen (secondary N) is 3. The summed E-state index contributed by atoms with van der Waals surface area (Å²) in [4.78, 5) is 63.2. The minimum absolute atomic E-state index is 0.0187. The Bertz CT molecular complexity index is 7010. The summed E-state index contributed by atoms with van der Waals surface area (Å²) < 4.78 is 412. The number of aryl methyl sites for hydroxylation is 3. The number of nitrogens with zero attached hydrogens (tertiary/aromatic N) is 17. The van der Waals surface area contributed by atoms with E-state index in [-0.39, 0.29) is 59.2 Å². The van der Waals surface area contributed by atoms with Crippen LogP contribution < -0.4 is 43.2 Å². The zero-order chi connectivity index (χ0) is 114. The fourth-order valence-electron chi connectivity index (χ4n) is 9.05. The van der Waals surface area contributed by atoms with E-state index in [0.717, 1.165) is 92.0 Å². The number of fused-ring (bicyclic) bond motifs is 3. The Labute approximate surface area is 876 Å². The van der Waals surface area contributed by atoms with Crippen molar-refractivity contribution in [3.63, 3.8) is 0 Å². The minimum atomic E-state index is -5.15. The van der Waals surface area contributed by atoms with Crippen LogP contribution in [-0.2, 0) is 114 Å². The van der Waals surface area contributed by atoms with Crippen LogP contribution >= 0.6 is 88.2 Å².